The molecule has 2 aromatic rings. The number of hydrogen-bond acceptors (Lipinski definition) is 6. The quantitative estimate of drug-likeness (QED) is 0.186. The molecule has 1 unspecified atom stereocenters. The lowest BCUT2D eigenvalue weighted by atomic mass is 9.93. The average Bonchev–Trinajstić information content (AvgIpc) is 3.31. The number of nitrogens with two attached hydrogens (primary N) is 1. The number of rotatable bonds is 4. The number of hydrogen-bond donors (Lipinski definition) is 3. The van der Waals surface area contributed by atoms with E-state index in [0.717, 1.165) is 49.2 Å². The highest BCUT2D eigenvalue weighted by molar-refractivity contribution is 5.85. The first kappa shape index (κ1) is 24.0. The van der Waals surface area contributed by atoms with Crippen molar-refractivity contribution in [3.63, 3.8) is 0 Å². The number of amides is 1. The van der Waals surface area contributed by atoms with Crippen LogP contribution in [0.3, 0.4) is 0 Å². The Morgan fingerprint density at radius 1 is 1.36 bits per heavy atom. The van der Waals surface area contributed by atoms with Crippen LogP contribution in [0.15, 0.2) is 34.7 Å². The second-order valence-corrected chi connectivity index (χ2v) is 9.51. The highest BCUT2D eigenvalue weighted by Crippen LogP contribution is 2.35. The average molecular weight is 491 g/mol. The maximum absolute atomic E-state index is 14.0. The van der Waals surface area contributed by atoms with E-state index in [1.807, 2.05) is 17.0 Å². The molecule has 0 saturated carbocycles. The Bertz CT molecular complexity index is 1270. The number of piperazine rings is 2. The van der Waals surface area contributed by atoms with E-state index in [0.29, 0.717) is 24.5 Å². The van der Waals surface area contributed by atoms with E-state index in [-0.39, 0.29) is 29.5 Å². The first-order valence-corrected chi connectivity index (χ1v) is 12.1. The number of carbonyl (C=O) groups excluding carboxylic acids is 1. The molecule has 1 aromatic heterocycles. The van der Waals surface area contributed by atoms with Gasteiger partial charge in [-0.25, -0.2) is 9.38 Å². The smallest absolute Gasteiger partial charge is 0.260 e. The number of pyridine rings is 1. The third-order valence-electron chi connectivity index (χ3n) is 7.61. The second kappa shape index (κ2) is 10.1. The molecule has 3 heterocycles. The Hall–Kier alpha value is -3.75. The van der Waals surface area contributed by atoms with Gasteiger partial charge in [0, 0.05) is 66.8 Å². The molecule has 11 heteroatoms. The van der Waals surface area contributed by atoms with E-state index < -0.39 is 5.82 Å². The largest absolute Gasteiger partial charge is 0.339 e. The highest BCUT2D eigenvalue weighted by atomic mass is 19.1. The van der Waals surface area contributed by atoms with Gasteiger partial charge in [-0.2, -0.15) is 5.26 Å². The molecule has 10 nitrogen and oxygen atoms in total. The fourth-order valence-corrected chi connectivity index (χ4v) is 5.70. The van der Waals surface area contributed by atoms with Crippen LogP contribution in [-0.2, 0) is 11.2 Å². The van der Waals surface area contributed by atoms with Crippen LogP contribution in [0.2, 0.25) is 0 Å². The molecule has 5 rings (SSSR count). The van der Waals surface area contributed by atoms with Gasteiger partial charge in [0.05, 0.1) is 11.5 Å². The fraction of sp³-hybridized carbons (Fsp3) is 0.440. The van der Waals surface area contributed by atoms with Crippen LogP contribution in [0, 0.1) is 24.1 Å². The van der Waals surface area contributed by atoms with E-state index in [9.17, 15) is 14.4 Å². The minimum atomic E-state index is -0.480. The Morgan fingerprint density at radius 2 is 2.22 bits per heavy atom. The summed E-state index contributed by atoms with van der Waals surface area (Å²) in [5.41, 5.74) is 3.88. The van der Waals surface area contributed by atoms with Crippen molar-refractivity contribution >= 4 is 18.1 Å². The van der Waals surface area contributed by atoms with Crippen LogP contribution >= 0.6 is 0 Å². The monoisotopic (exact) mass is 490 g/mol. The van der Waals surface area contributed by atoms with Gasteiger partial charge in [0.1, 0.15) is 18.1 Å². The minimum Gasteiger partial charge on any atom is -0.339 e. The molecule has 186 valence electrons. The van der Waals surface area contributed by atoms with Crippen molar-refractivity contribution in [1.82, 2.24) is 20.1 Å². The molecule has 1 amide bonds. The van der Waals surface area contributed by atoms with Gasteiger partial charge >= 0.3 is 0 Å². The van der Waals surface area contributed by atoms with E-state index in [2.05, 4.69) is 30.5 Å². The predicted octanol–water partition coefficient (Wildman–Crippen LogP) is 0.354. The van der Waals surface area contributed by atoms with E-state index in [1.54, 1.807) is 19.2 Å². The van der Waals surface area contributed by atoms with Gasteiger partial charge in [-0.1, -0.05) is 6.07 Å². The number of nitriles is 1. The number of carbonyl (C=O) groups is 1. The zero-order chi connectivity index (χ0) is 25.2. The van der Waals surface area contributed by atoms with Crippen molar-refractivity contribution in [3.05, 3.63) is 58.0 Å². The molecule has 0 bridgehead atoms. The van der Waals surface area contributed by atoms with Crippen molar-refractivity contribution in [2.24, 2.45) is 16.2 Å². The third-order valence-corrected chi connectivity index (χ3v) is 7.61. The van der Waals surface area contributed by atoms with Crippen molar-refractivity contribution < 1.29 is 14.2 Å². The lowest BCUT2D eigenvalue weighted by Crippen LogP contribution is -2.63. The standard InChI is InChI=1S/C25H28FN9O/c1-15-18(4-5-22(26)20(15)9-27)23-13-34-6-7-35(12-17(34)10-29-23)25(36)19-3-2-16-8-24(30-11-21(16)19)31-14-32-33-28/h4-5,8,11,14,17,19,23,29H,2-3,6-7,10,12-13H2,1H3,(H2,28,30,31,32)/p+1/t17-,19?,23-/m0/s1. The van der Waals surface area contributed by atoms with Crippen LogP contribution in [0.5, 0.6) is 0 Å². The summed E-state index contributed by atoms with van der Waals surface area (Å²) in [5, 5.41) is 19.6. The number of nitrogens with one attached hydrogen (secondary N) is 2. The summed E-state index contributed by atoms with van der Waals surface area (Å²) in [6, 6.07) is 7.32. The molecule has 36 heavy (non-hydrogen) atoms. The van der Waals surface area contributed by atoms with Crippen molar-refractivity contribution in [2.45, 2.75) is 37.8 Å². The van der Waals surface area contributed by atoms with Gasteiger partial charge in [-0.3, -0.25) is 15.5 Å². The SMILES string of the molecule is Cc1c([C@@H]2CN3CCN(C(=O)C4CCc5cc([NH+]=CN=NN)ncc54)C[C@@H]3CN2)ccc(F)c1C#N. The molecule has 2 saturated heterocycles. The highest BCUT2D eigenvalue weighted by Gasteiger charge is 2.39. The maximum Gasteiger partial charge on any atom is 0.260 e. The Balaban J connectivity index is 1.23. The first-order valence-electron chi connectivity index (χ1n) is 12.1. The van der Waals surface area contributed by atoms with Crippen molar-refractivity contribution in [3.8, 4) is 6.07 Å². The molecule has 1 aromatic carbocycles. The van der Waals surface area contributed by atoms with Crippen LogP contribution < -0.4 is 16.2 Å². The van der Waals surface area contributed by atoms with Crippen LogP contribution in [0.1, 0.15) is 46.2 Å². The Kier molecular flexibility index (Phi) is 6.71. The fourth-order valence-electron chi connectivity index (χ4n) is 5.70. The van der Waals surface area contributed by atoms with Gasteiger partial charge in [0.2, 0.25) is 5.91 Å². The molecule has 2 aliphatic heterocycles. The number of benzene rings is 1. The van der Waals surface area contributed by atoms with Gasteiger partial charge in [-0.05, 0) is 42.5 Å². The lowest BCUT2D eigenvalue weighted by molar-refractivity contribution is -0.354. The van der Waals surface area contributed by atoms with E-state index >= 15 is 0 Å². The molecule has 4 N–H and O–H groups in total. The summed E-state index contributed by atoms with van der Waals surface area (Å²) in [6.07, 6.45) is 4.76. The van der Waals surface area contributed by atoms with Crippen molar-refractivity contribution in [1.29, 1.82) is 5.26 Å². The van der Waals surface area contributed by atoms with E-state index in [1.165, 1.54) is 12.4 Å². The second-order valence-electron chi connectivity index (χ2n) is 9.51. The molecular formula is C25H29FN9O+. The molecule has 2 fully saturated rings. The Morgan fingerprint density at radius 3 is 3.03 bits per heavy atom. The summed E-state index contributed by atoms with van der Waals surface area (Å²) in [6.45, 7) is 5.41. The number of nitrogens with zero attached hydrogens (tertiary/aromatic N) is 6. The normalized spacial score (nSPS) is 24.1. The lowest BCUT2D eigenvalue weighted by Gasteiger charge is -2.47. The molecule has 3 atom stereocenters. The number of aryl methyl sites for hydroxylation is 1. The summed E-state index contributed by atoms with van der Waals surface area (Å²) >= 11 is 0. The molecular weight excluding hydrogens is 461 g/mol. The van der Waals surface area contributed by atoms with Gasteiger partial charge in [0.15, 0.2) is 0 Å². The summed E-state index contributed by atoms with van der Waals surface area (Å²) < 4.78 is 14.0. The van der Waals surface area contributed by atoms with Gasteiger partial charge in [-0.15, -0.1) is 4.98 Å². The summed E-state index contributed by atoms with van der Waals surface area (Å²) in [7, 11) is 0. The topological polar surface area (TPSA) is 137 Å². The van der Waals surface area contributed by atoms with Crippen molar-refractivity contribution in [2.75, 3.05) is 32.7 Å². The maximum atomic E-state index is 14.0. The van der Waals surface area contributed by atoms with E-state index in [4.69, 9.17) is 5.84 Å². The molecule has 3 aliphatic rings. The predicted molar refractivity (Wildman–Crippen MR) is 130 cm³/mol. The van der Waals surface area contributed by atoms with Gasteiger partial charge < -0.3 is 10.2 Å². The Labute approximate surface area is 208 Å². The number of halogens is 1. The zero-order valence-corrected chi connectivity index (χ0v) is 20.1. The van der Waals surface area contributed by atoms with Crippen LogP contribution in [0.4, 0.5) is 10.2 Å². The first-order chi connectivity index (χ1) is 17.5. The van der Waals surface area contributed by atoms with Crippen LogP contribution in [-0.4, -0.2) is 65.8 Å². The zero-order valence-electron chi connectivity index (χ0n) is 20.1. The summed E-state index contributed by atoms with van der Waals surface area (Å²) in [4.78, 5) is 25.2. The van der Waals surface area contributed by atoms with Gasteiger partial charge in [0.25, 0.3) is 12.2 Å². The number of aromatic nitrogens is 1. The molecule has 0 spiro atoms. The minimum absolute atomic E-state index is 0.0235. The molecule has 1 aliphatic carbocycles. The third kappa shape index (κ3) is 4.45. The number of fused-ring (bicyclic) bond motifs is 2. The summed E-state index contributed by atoms with van der Waals surface area (Å²) in [5.74, 6) is 5.15. The van der Waals surface area contributed by atoms with Crippen LogP contribution in [0.25, 0.3) is 0 Å². The molecule has 0 radical (unpaired) electrons.